The molecule has 44 heavy (non-hydrogen) atoms. The lowest BCUT2D eigenvalue weighted by Crippen LogP contribution is -2.50. The van der Waals surface area contributed by atoms with E-state index in [0.29, 0.717) is 33.2 Å². The Morgan fingerprint density at radius 1 is 1.07 bits per heavy atom. The molecule has 1 unspecified atom stereocenters. The molecule has 0 spiro atoms. The van der Waals surface area contributed by atoms with Gasteiger partial charge in [0, 0.05) is 35.1 Å². The fourth-order valence-electron chi connectivity index (χ4n) is 4.73. The molecule has 14 nitrogen and oxygen atoms in total. The first kappa shape index (κ1) is 33.4. The average Bonchev–Trinajstić information content (AvgIpc) is 3.05. The summed E-state index contributed by atoms with van der Waals surface area (Å²) in [5, 5.41) is 10.8. The number of methoxy groups -OCH3 is 1. The van der Waals surface area contributed by atoms with Crippen LogP contribution in [0.1, 0.15) is 64.8 Å². The Morgan fingerprint density at radius 3 is 2.23 bits per heavy atom. The second-order valence-corrected chi connectivity index (χ2v) is 14.8. The number of aryl methyl sites for hydroxylation is 1. The van der Waals surface area contributed by atoms with Crippen LogP contribution in [0, 0.1) is 13.8 Å². The van der Waals surface area contributed by atoms with E-state index in [9.17, 15) is 18.0 Å². The summed E-state index contributed by atoms with van der Waals surface area (Å²) in [7, 11) is -2.27. The van der Waals surface area contributed by atoms with Crippen molar-refractivity contribution in [1.82, 2.24) is 15.0 Å². The van der Waals surface area contributed by atoms with E-state index in [0.717, 1.165) is 29.3 Å². The molecule has 0 saturated heterocycles. The largest absolute Gasteiger partial charge is 0.496 e. The van der Waals surface area contributed by atoms with Gasteiger partial charge in [0.05, 0.1) is 24.8 Å². The zero-order chi connectivity index (χ0) is 32.8. The molecule has 0 saturated carbocycles. The average molecular weight is 651 g/mol. The highest BCUT2D eigenvalue weighted by molar-refractivity contribution is 7.98. The van der Waals surface area contributed by atoms with Gasteiger partial charge in [-0.05, 0) is 72.9 Å². The van der Waals surface area contributed by atoms with E-state index in [1.165, 1.54) is 5.12 Å². The van der Waals surface area contributed by atoms with Crippen LogP contribution in [0.25, 0.3) is 0 Å². The molecule has 0 N–H and O–H groups in total. The van der Waals surface area contributed by atoms with Crippen LogP contribution in [0.15, 0.2) is 31.9 Å². The summed E-state index contributed by atoms with van der Waals surface area (Å²) in [5.41, 5.74) is 1.94. The number of hydrazone groups is 2. The van der Waals surface area contributed by atoms with Gasteiger partial charge in [0.15, 0.2) is 5.84 Å². The first-order valence-corrected chi connectivity index (χ1v) is 16.5. The van der Waals surface area contributed by atoms with Gasteiger partial charge in [0.25, 0.3) is 10.1 Å². The van der Waals surface area contributed by atoms with Crippen LogP contribution in [-0.2, 0) is 30.3 Å². The number of carbonyl (C=O) groups is 2. The Balaban J connectivity index is 1.87. The van der Waals surface area contributed by atoms with Crippen molar-refractivity contribution >= 4 is 51.5 Å². The maximum Gasteiger partial charge on any atom is 0.425 e. The zero-order valence-corrected chi connectivity index (χ0v) is 28.2. The Labute approximate surface area is 261 Å². The van der Waals surface area contributed by atoms with E-state index in [1.807, 2.05) is 13.8 Å². The summed E-state index contributed by atoms with van der Waals surface area (Å²) in [6.07, 6.45) is -0.137. The number of rotatable bonds is 5. The third kappa shape index (κ3) is 7.58. The lowest BCUT2D eigenvalue weighted by molar-refractivity contribution is 0.0151. The molecule has 4 rings (SSSR count). The smallest absolute Gasteiger partial charge is 0.425 e. The molecule has 1 atom stereocenters. The monoisotopic (exact) mass is 650 g/mol. The van der Waals surface area contributed by atoms with Crippen molar-refractivity contribution in [3.05, 3.63) is 34.2 Å². The zero-order valence-electron chi connectivity index (χ0n) is 26.5. The van der Waals surface area contributed by atoms with Gasteiger partial charge in [-0.1, -0.05) is 0 Å². The molecule has 3 heterocycles. The fourth-order valence-corrected chi connectivity index (χ4v) is 6.16. The summed E-state index contributed by atoms with van der Waals surface area (Å²) in [6.45, 7) is 13.9. The Bertz CT molecular complexity index is 1570. The van der Waals surface area contributed by atoms with Gasteiger partial charge in [0.1, 0.15) is 35.3 Å². The van der Waals surface area contributed by atoms with Gasteiger partial charge in [-0.15, -0.1) is 0 Å². The molecule has 0 radical (unpaired) electrons. The highest BCUT2D eigenvalue weighted by atomic mass is 32.2. The van der Waals surface area contributed by atoms with E-state index in [4.69, 9.17) is 28.6 Å². The van der Waals surface area contributed by atoms with Crippen LogP contribution in [0.2, 0.25) is 0 Å². The minimum Gasteiger partial charge on any atom is -0.496 e. The number of amides is 2. The number of nitrogens with zero attached hydrogens (tertiary/aromatic N) is 6. The minimum atomic E-state index is -3.85. The normalized spacial score (nSPS) is 18.5. The molecular weight excluding hydrogens is 612 g/mol. The number of aromatic nitrogens is 1. The molecule has 0 fully saturated rings. The van der Waals surface area contributed by atoms with Gasteiger partial charge < -0.3 is 14.2 Å². The lowest BCUT2D eigenvalue weighted by Gasteiger charge is -2.30. The molecule has 2 aliphatic heterocycles. The van der Waals surface area contributed by atoms with E-state index in [-0.39, 0.29) is 30.3 Å². The standard InChI is InChI=1S/C28H38N6O8S2/c1-15-12-29-19(16(2)23(15)39-9)13-33-30-18-11-20(42-44(10,37)38)17-14-43-32-24(22(31-33)21(17)18)34(25(35)40-27(3,4)5)26(36)41-28(6,7)8/h12,20H,11,13-14H2,1-10H3. The van der Waals surface area contributed by atoms with Gasteiger partial charge in [-0.3, -0.25) is 9.17 Å². The number of ether oxygens (including phenoxy) is 3. The van der Waals surface area contributed by atoms with Crippen LogP contribution < -0.4 is 4.74 Å². The fraction of sp³-hybridized carbons (Fsp3) is 0.571. The van der Waals surface area contributed by atoms with Crippen LogP contribution in [0.5, 0.6) is 5.75 Å². The molecule has 1 aromatic heterocycles. The van der Waals surface area contributed by atoms with E-state index >= 15 is 0 Å². The van der Waals surface area contributed by atoms with E-state index in [2.05, 4.69) is 9.38 Å². The van der Waals surface area contributed by atoms with Crippen molar-refractivity contribution < 1.29 is 36.4 Å². The molecule has 0 bridgehead atoms. The van der Waals surface area contributed by atoms with Gasteiger partial charge in [-0.2, -0.15) is 33.0 Å². The number of amidine groups is 1. The molecule has 1 aromatic rings. The van der Waals surface area contributed by atoms with Crippen LogP contribution in [0.3, 0.4) is 0 Å². The van der Waals surface area contributed by atoms with Crippen molar-refractivity contribution in [2.24, 2.45) is 14.6 Å². The second-order valence-electron chi connectivity index (χ2n) is 12.4. The molecule has 3 aliphatic rings. The Kier molecular flexibility index (Phi) is 9.20. The number of pyridine rings is 1. The van der Waals surface area contributed by atoms with Crippen LogP contribution in [-0.4, -0.2) is 89.3 Å². The van der Waals surface area contributed by atoms with Crippen LogP contribution >= 0.6 is 11.9 Å². The predicted molar refractivity (Wildman–Crippen MR) is 166 cm³/mol. The van der Waals surface area contributed by atoms with Gasteiger partial charge in [0.2, 0.25) is 0 Å². The number of imide groups is 1. The molecule has 240 valence electrons. The van der Waals surface area contributed by atoms with Crippen molar-refractivity contribution in [3.63, 3.8) is 0 Å². The minimum absolute atomic E-state index is 0.0922. The first-order chi connectivity index (χ1) is 20.3. The van der Waals surface area contributed by atoms with Crippen molar-refractivity contribution in [3.8, 4) is 5.75 Å². The highest BCUT2D eigenvalue weighted by Gasteiger charge is 2.46. The quantitative estimate of drug-likeness (QED) is 0.326. The Hall–Kier alpha value is -3.50. The number of hydrogen-bond acceptors (Lipinski definition) is 14. The lowest BCUT2D eigenvalue weighted by atomic mass is 10.0. The van der Waals surface area contributed by atoms with Crippen molar-refractivity contribution in [1.29, 1.82) is 0 Å². The third-order valence-electron chi connectivity index (χ3n) is 6.34. The SMILES string of the molecule is COc1c(C)cnc(CN2N=C3CC(OS(C)(=O)=O)C4=C3C(=N2)C(N(C(=O)OC(C)(C)C)C(=O)OC(C)(C)C)=NSC4)c1C. The first-order valence-electron chi connectivity index (χ1n) is 13.8. The summed E-state index contributed by atoms with van der Waals surface area (Å²) in [6, 6.07) is 0. The molecule has 0 aromatic carbocycles. The number of hydrogen-bond donors (Lipinski definition) is 0. The highest BCUT2D eigenvalue weighted by Crippen LogP contribution is 2.38. The van der Waals surface area contributed by atoms with E-state index < -0.39 is 39.6 Å². The maximum atomic E-state index is 13.6. The Morgan fingerprint density at radius 2 is 1.68 bits per heavy atom. The summed E-state index contributed by atoms with van der Waals surface area (Å²) in [4.78, 5) is 32.4. The van der Waals surface area contributed by atoms with E-state index in [1.54, 1.807) is 54.8 Å². The molecule has 1 aliphatic carbocycles. The summed E-state index contributed by atoms with van der Waals surface area (Å²) >= 11 is 1.01. The predicted octanol–water partition coefficient (Wildman–Crippen LogP) is 4.51. The van der Waals surface area contributed by atoms with Gasteiger partial charge in [-0.25, -0.2) is 9.59 Å². The molecular formula is C28H38N6O8S2. The topological polar surface area (TPSA) is 162 Å². The third-order valence-corrected chi connectivity index (χ3v) is 7.67. The van der Waals surface area contributed by atoms with Crippen LogP contribution in [0.4, 0.5) is 9.59 Å². The van der Waals surface area contributed by atoms with Crippen molar-refractivity contribution in [2.45, 2.75) is 85.7 Å². The summed E-state index contributed by atoms with van der Waals surface area (Å²) in [5.74, 6) is 0.725. The molecule has 16 heteroatoms. The maximum absolute atomic E-state index is 13.6. The summed E-state index contributed by atoms with van der Waals surface area (Å²) < 4.78 is 51.1. The second kappa shape index (κ2) is 12.1. The van der Waals surface area contributed by atoms with Crippen molar-refractivity contribution in [2.75, 3.05) is 19.1 Å². The number of carbonyl (C=O) groups excluding carboxylic acids is 2. The molecule has 2 amide bonds. The van der Waals surface area contributed by atoms with Gasteiger partial charge >= 0.3 is 12.2 Å².